The van der Waals surface area contributed by atoms with E-state index in [0.717, 1.165) is 22.4 Å². The van der Waals surface area contributed by atoms with Crippen LogP contribution in [0.5, 0.6) is 11.5 Å². The van der Waals surface area contributed by atoms with E-state index in [9.17, 15) is 9.59 Å². The third kappa shape index (κ3) is 5.61. The minimum absolute atomic E-state index is 0.370. The predicted molar refractivity (Wildman–Crippen MR) is 109 cm³/mol. The van der Waals surface area contributed by atoms with E-state index in [-0.39, 0.29) is 6.61 Å². The Kier molecular flexibility index (Phi) is 7.21. The summed E-state index contributed by atoms with van der Waals surface area (Å²) >= 11 is 0. The molecule has 0 heterocycles. The van der Waals surface area contributed by atoms with Crippen LogP contribution in [-0.2, 0) is 14.3 Å². The van der Waals surface area contributed by atoms with Crippen LogP contribution in [-0.4, -0.2) is 32.7 Å². The first kappa shape index (κ1) is 21.0. The van der Waals surface area contributed by atoms with Gasteiger partial charge in [-0.05, 0) is 56.2 Å². The molecule has 0 aliphatic carbocycles. The van der Waals surface area contributed by atoms with Crippen molar-refractivity contribution in [2.24, 2.45) is 0 Å². The molecular formula is C22H25NO5. The monoisotopic (exact) mass is 383 g/mol. The first-order valence-electron chi connectivity index (χ1n) is 8.78. The van der Waals surface area contributed by atoms with Crippen LogP contribution in [0, 0.1) is 20.8 Å². The summed E-state index contributed by atoms with van der Waals surface area (Å²) in [6, 6.07) is 9.20. The summed E-state index contributed by atoms with van der Waals surface area (Å²) in [6.07, 6.45) is 2.79. The third-order valence-electron chi connectivity index (χ3n) is 4.12. The van der Waals surface area contributed by atoms with Crippen molar-refractivity contribution in [3.8, 4) is 11.5 Å². The highest BCUT2D eigenvalue weighted by molar-refractivity contribution is 5.95. The van der Waals surface area contributed by atoms with Gasteiger partial charge in [0, 0.05) is 17.3 Å². The molecule has 0 unspecified atom stereocenters. The lowest BCUT2D eigenvalue weighted by Gasteiger charge is -2.12. The van der Waals surface area contributed by atoms with Crippen LogP contribution in [0.15, 0.2) is 36.4 Å². The molecule has 2 aromatic rings. The summed E-state index contributed by atoms with van der Waals surface area (Å²) in [5.74, 6) is 0.207. The van der Waals surface area contributed by atoms with Crippen molar-refractivity contribution in [2.75, 3.05) is 26.1 Å². The summed E-state index contributed by atoms with van der Waals surface area (Å²) < 4.78 is 15.4. The highest BCUT2D eigenvalue weighted by atomic mass is 16.5. The molecule has 0 aliphatic rings. The van der Waals surface area contributed by atoms with Crippen molar-refractivity contribution >= 4 is 23.6 Å². The SMILES string of the molecule is COc1ccc(OC)c(/C=C/C(=O)OCC(=O)Nc2c(C)cc(C)cc2C)c1. The summed E-state index contributed by atoms with van der Waals surface area (Å²) in [5.41, 5.74) is 4.44. The second-order valence-corrected chi connectivity index (χ2v) is 6.37. The minimum atomic E-state index is -0.627. The summed E-state index contributed by atoms with van der Waals surface area (Å²) in [5, 5.41) is 2.79. The van der Waals surface area contributed by atoms with Crippen molar-refractivity contribution in [2.45, 2.75) is 20.8 Å². The molecule has 0 saturated heterocycles. The maximum absolute atomic E-state index is 12.1. The Hall–Kier alpha value is -3.28. The molecule has 6 heteroatoms. The van der Waals surface area contributed by atoms with Crippen LogP contribution in [0.2, 0.25) is 0 Å². The molecule has 2 rings (SSSR count). The van der Waals surface area contributed by atoms with E-state index < -0.39 is 11.9 Å². The molecule has 0 fully saturated rings. The smallest absolute Gasteiger partial charge is 0.331 e. The van der Waals surface area contributed by atoms with Gasteiger partial charge in [-0.15, -0.1) is 0 Å². The second-order valence-electron chi connectivity index (χ2n) is 6.37. The molecule has 0 saturated carbocycles. The lowest BCUT2D eigenvalue weighted by molar-refractivity contribution is -0.142. The van der Waals surface area contributed by atoms with Crippen LogP contribution in [0.1, 0.15) is 22.3 Å². The van der Waals surface area contributed by atoms with E-state index in [4.69, 9.17) is 14.2 Å². The molecule has 2 aromatic carbocycles. The number of rotatable bonds is 7. The van der Waals surface area contributed by atoms with E-state index in [1.807, 2.05) is 32.9 Å². The standard InChI is InChI=1S/C22H25NO5/c1-14-10-15(2)22(16(3)11-14)23-20(24)13-28-21(25)9-6-17-12-18(26-4)7-8-19(17)27-5/h6-12H,13H2,1-5H3,(H,23,24)/b9-6+. The number of carbonyl (C=O) groups excluding carboxylic acids is 2. The number of aryl methyl sites for hydroxylation is 3. The van der Waals surface area contributed by atoms with Gasteiger partial charge in [0.05, 0.1) is 14.2 Å². The molecule has 0 aliphatic heterocycles. The molecule has 0 bridgehead atoms. The van der Waals surface area contributed by atoms with Gasteiger partial charge in [-0.25, -0.2) is 4.79 Å². The number of benzene rings is 2. The highest BCUT2D eigenvalue weighted by Crippen LogP contribution is 2.25. The van der Waals surface area contributed by atoms with Crippen molar-refractivity contribution in [1.82, 2.24) is 0 Å². The van der Waals surface area contributed by atoms with Crippen LogP contribution in [0.3, 0.4) is 0 Å². The largest absolute Gasteiger partial charge is 0.497 e. The van der Waals surface area contributed by atoms with Crippen molar-refractivity contribution < 1.29 is 23.8 Å². The van der Waals surface area contributed by atoms with E-state index in [0.29, 0.717) is 17.1 Å². The average molecular weight is 383 g/mol. The van der Waals surface area contributed by atoms with E-state index in [2.05, 4.69) is 5.32 Å². The van der Waals surface area contributed by atoms with Gasteiger partial charge >= 0.3 is 5.97 Å². The molecule has 0 aromatic heterocycles. The minimum Gasteiger partial charge on any atom is -0.497 e. The zero-order chi connectivity index (χ0) is 20.7. The Balaban J connectivity index is 1.96. The average Bonchev–Trinajstić information content (AvgIpc) is 2.67. The van der Waals surface area contributed by atoms with Gasteiger partial charge in [0.2, 0.25) is 0 Å². The van der Waals surface area contributed by atoms with Crippen LogP contribution >= 0.6 is 0 Å². The number of carbonyl (C=O) groups is 2. The molecule has 0 atom stereocenters. The molecule has 0 radical (unpaired) electrons. The zero-order valence-corrected chi connectivity index (χ0v) is 16.8. The molecule has 148 valence electrons. The molecule has 1 amide bonds. The lowest BCUT2D eigenvalue weighted by atomic mass is 10.1. The Morgan fingerprint density at radius 1 is 1.00 bits per heavy atom. The van der Waals surface area contributed by atoms with E-state index in [1.54, 1.807) is 31.4 Å². The first-order chi connectivity index (χ1) is 13.3. The van der Waals surface area contributed by atoms with Gasteiger partial charge < -0.3 is 19.5 Å². The number of hydrogen-bond donors (Lipinski definition) is 1. The van der Waals surface area contributed by atoms with Crippen molar-refractivity contribution in [3.05, 3.63) is 58.7 Å². The third-order valence-corrected chi connectivity index (χ3v) is 4.12. The summed E-state index contributed by atoms with van der Waals surface area (Å²) in [7, 11) is 3.09. The maximum Gasteiger partial charge on any atom is 0.331 e. The van der Waals surface area contributed by atoms with Gasteiger partial charge in [0.15, 0.2) is 6.61 Å². The first-order valence-corrected chi connectivity index (χ1v) is 8.78. The quantitative estimate of drug-likeness (QED) is 0.581. The molecule has 1 N–H and O–H groups in total. The number of esters is 1. The normalized spacial score (nSPS) is 10.6. The van der Waals surface area contributed by atoms with E-state index >= 15 is 0 Å². The Morgan fingerprint density at radius 2 is 1.68 bits per heavy atom. The molecular weight excluding hydrogens is 358 g/mol. The number of anilines is 1. The van der Waals surface area contributed by atoms with E-state index in [1.165, 1.54) is 13.2 Å². The number of methoxy groups -OCH3 is 2. The second kappa shape index (κ2) is 9.60. The van der Waals surface area contributed by atoms with Gasteiger partial charge in [0.1, 0.15) is 11.5 Å². The zero-order valence-electron chi connectivity index (χ0n) is 16.8. The Bertz CT molecular complexity index is 879. The fraction of sp³-hybridized carbons (Fsp3) is 0.273. The van der Waals surface area contributed by atoms with Gasteiger partial charge in [-0.1, -0.05) is 17.7 Å². The lowest BCUT2D eigenvalue weighted by Crippen LogP contribution is -2.21. The van der Waals surface area contributed by atoms with Crippen molar-refractivity contribution in [1.29, 1.82) is 0 Å². The Labute approximate surface area is 165 Å². The molecule has 28 heavy (non-hydrogen) atoms. The molecule has 0 spiro atoms. The van der Waals surface area contributed by atoms with Gasteiger partial charge in [-0.2, -0.15) is 0 Å². The number of ether oxygens (including phenoxy) is 3. The van der Waals surface area contributed by atoms with Gasteiger partial charge in [-0.3, -0.25) is 4.79 Å². The topological polar surface area (TPSA) is 73.9 Å². The molecule has 6 nitrogen and oxygen atoms in total. The number of nitrogens with one attached hydrogen (secondary N) is 1. The summed E-state index contributed by atoms with van der Waals surface area (Å²) in [6.45, 7) is 5.47. The van der Waals surface area contributed by atoms with Gasteiger partial charge in [0.25, 0.3) is 5.91 Å². The predicted octanol–water partition coefficient (Wildman–Crippen LogP) is 3.82. The maximum atomic E-state index is 12.1. The summed E-state index contributed by atoms with van der Waals surface area (Å²) in [4.78, 5) is 24.1. The fourth-order valence-corrected chi connectivity index (χ4v) is 2.86. The number of amides is 1. The number of hydrogen-bond acceptors (Lipinski definition) is 5. The highest BCUT2D eigenvalue weighted by Gasteiger charge is 2.10. The Morgan fingerprint density at radius 3 is 2.29 bits per heavy atom. The van der Waals surface area contributed by atoms with Crippen LogP contribution in [0.4, 0.5) is 5.69 Å². The van der Waals surface area contributed by atoms with Crippen LogP contribution < -0.4 is 14.8 Å². The van der Waals surface area contributed by atoms with Crippen LogP contribution in [0.25, 0.3) is 6.08 Å². The van der Waals surface area contributed by atoms with Crippen molar-refractivity contribution in [3.63, 3.8) is 0 Å². The fourth-order valence-electron chi connectivity index (χ4n) is 2.86.